The number of hydrogen-bond donors (Lipinski definition) is 1. The monoisotopic (exact) mass is 263 g/mol. The maximum Gasteiger partial charge on any atom is 0.257 e. The van der Waals surface area contributed by atoms with Gasteiger partial charge < -0.3 is 10.2 Å². The largest absolute Gasteiger partial charge is 0.372 e. The number of rotatable bonds is 6. The zero-order valence-electron chi connectivity index (χ0n) is 12.6. The molecule has 0 saturated heterocycles. The molecule has 0 radical (unpaired) electrons. The second-order valence-electron chi connectivity index (χ2n) is 5.65. The lowest BCUT2D eigenvalue weighted by Gasteiger charge is -2.27. The lowest BCUT2D eigenvalue weighted by Crippen LogP contribution is -2.37. The van der Waals surface area contributed by atoms with Crippen molar-refractivity contribution in [3.8, 4) is 0 Å². The van der Waals surface area contributed by atoms with Crippen molar-refractivity contribution < 1.29 is 4.79 Å². The molecule has 4 heteroatoms. The highest BCUT2D eigenvalue weighted by atomic mass is 16.2. The minimum Gasteiger partial charge on any atom is -0.372 e. The quantitative estimate of drug-likeness (QED) is 0.858. The predicted molar refractivity (Wildman–Crippen MR) is 79.4 cm³/mol. The molecule has 0 saturated carbocycles. The zero-order chi connectivity index (χ0) is 14.4. The highest BCUT2D eigenvalue weighted by molar-refractivity contribution is 5.98. The minimum atomic E-state index is 0.0554. The average Bonchev–Trinajstić information content (AvgIpc) is 2.36. The van der Waals surface area contributed by atoms with Crippen LogP contribution in [0.25, 0.3) is 0 Å². The molecule has 4 nitrogen and oxygen atoms in total. The van der Waals surface area contributed by atoms with Gasteiger partial charge in [0.25, 0.3) is 5.91 Å². The van der Waals surface area contributed by atoms with Gasteiger partial charge in [0.2, 0.25) is 0 Å². The van der Waals surface area contributed by atoms with Gasteiger partial charge in [-0.25, -0.2) is 4.98 Å². The van der Waals surface area contributed by atoms with Crippen LogP contribution in [0.1, 0.15) is 38.1 Å². The van der Waals surface area contributed by atoms with E-state index in [-0.39, 0.29) is 5.91 Å². The van der Waals surface area contributed by atoms with Crippen molar-refractivity contribution in [1.29, 1.82) is 0 Å². The third kappa shape index (κ3) is 4.54. The van der Waals surface area contributed by atoms with Crippen LogP contribution in [-0.2, 0) is 0 Å². The van der Waals surface area contributed by atoms with Crippen molar-refractivity contribution in [3.63, 3.8) is 0 Å². The molecular formula is C15H25N3O. The molecule has 1 amide bonds. The van der Waals surface area contributed by atoms with E-state index in [0.29, 0.717) is 23.2 Å². The van der Waals surface area contributed by atoms with Crippen LogP contribution in [0.5, 0.6) is 0 Å². The first kappa shape index (κ1) is 15.5. The fourth-order valence-corrected chi connectivity index (χ4v) is 2.07. The van der Waals surface area contributed by atoms with Crippen LogP contribution in [0, 0.1) is 11.8 Å². The normalized spacial score (nSPS) is 10.9. The molecule has 0 aliphatic rings. The van der Waals surface area contributed by atoms with Gasteiger partial charge in [-0.05, 0) is 24.0 Å². The van der Waals surface area contributed by atoms with Gasteiger partial charge in [-0.15, -0.1) is 0 Å². The molecule has 1 aromatic rings. The topological polar surface area (TPSA) is 45.2 Å². The highest BCUT2D eigenvalue weighted by Gasteiger charge is 2.20. The summed E-state index contributed by atoms with van der Waals surface area (Å²) in [6.07, 6.45) is 1.69. The van der Waals surface area contributed by atoms with Crippen LogP contribution in [0.3, 0.4) is 0 Å². The van der Waals surface area contributed by atoms with Gasteiger partial charge in [0.1, 0.15) is 5.82 Å². The number of amides is 1. The Balaban J connectivity index is 2.97. The summed E-state index contributed by atoms with van der Waals surface area (Å²) in [7, 11) is 1.79. The molecule has 106 valence electrons. The Morgan fingerprint density at radius 2 is 1.84 bits per heavy atom. The van der Waals surface area contributed by atoms with E-state index in [1.54, 1.807) is 19.3 Å². The summed E-state index contributed by atoms with van der Waals surface area (Å²) in [5.74, 6) is 1.61. The first-order valence-electron chi connectivity index (χ1n) is 6.87. The zero-order valence-corrected chi connectivity index (χ0v) is 12.6. The van der Waals surface area contributed by atoms with E-state index in [4.69, 9.17) is 0 Å². The SMILES string of the molecule is CNc1ncccc1C(=O)N(CC(C)C)CC(C)C. The van der Waals surface area contributed by atoms with Crippen LogP contribution in [0.4, 0.5) is 5.82 Å². The molecule has 1 N–H and O–H groups in total. The molecule has 19 heavy (non-hydrogen) atoms. The third-order valence-electron chi connectivity index (χ3n) is 2.73. The molecule has 0 unspecified atom stereocenters. The van der Waals surface area contributed by atoms with Gasteiger partial charge in [0.05, 0.1) is 5.56 Å². The van der Waals surface area contributed by atoms with Gasteiger partial charge in [-0.1, -0.05) is 27.7 Å². The van der Waals surface area contributed by atoms with E-state index in [0.717, 1.165) is 13.1 Å². The number of hydrogen-bond acceptors (Lipinski definition) is 3. The lowest BCUT2D eigenvalue weighted by atomic mass is 10.1. The first-order chi connectivity index (χ1) is 8.95. The second kappa shape index (κ2) is 7.12. The maximum atomic E-state index is 12.6. The fourth-order valence-electron chi connectivity index (χ4n) is 2.07. The first-order valence-corrected chi connectivity index (χ1v) is 6.87. The van der Waals surface area contributed by atoms with E-state index in [9.17, 15) is 4.79 Å². The van der Waals surface area contributed by atoms with Gasteiger partial charge >= 0.3 is 0 Å². The van der Waals surface area contributed by atoms with Crippen molar-refractivity contribution in [2.75, 3.05) is 25.5 Å². The molecule has 0 aromatic carbocycles. The molecule has 0 aliphatic carbocycles. The molecule has 1 aromatic heterocycles. The number of aromatic nitrogens is 1. The van der Waals surface area contributed by atoms with Crippen LogP contribution < -0.4 is 5.32 Å². The summed E-state index contributed by atoms with van der Waals surface area (Å²) >= 11 is 0. The fraction of sp³-hybridized carbons (Fsp3) is 0.600. The summed E-state index contributed by atoms with van der Waals surface area (Å²) in [5, 5.41) is 2.98. The van der Waals surface area contributed by atoms with Gasteiger partial charge in [0.15, 0.2) is 0 Å². The van der Waals surface area contributed by atoms with Crippen LogP contribution in [0.2, 0.25) is 0 Å². The molecule has 0 aliphatic heterocycles. The molecular weight excluding hydrogens is 238 g/mol. The molecule has 0 spiro atoms. The summed E-state index contributed by atoms with van der Waals surface area (Å²) in [6.45, 7) is 10.1. The number of pyridine rings is 1. The summed E-state index contributed by atoms with van der Waals surface area (Å²) in [6, 6.07) is 3.63. The van der Waals surface area contributed by atoms with Gasteiger partial charge in [-0.2, -0.15) is 0 Å². The lowest BCUT2D eigenvalue weighted by molar-refractivity contribution is 0.0716. The maximum absolute atomic E-state index is 12.6. The molecule has 0 bridgehead atoms. The van der Waals surface area contributed by atoms with E-state index in [1.165, 1.54) is 0 Å². The summed E-state index contributed by atoms with van der Waals surface area (Å²) in [4.78, 5) is 18.8. The highest BCUT2D eigenvalue weighted by Crippen LogP contribution is 2.16. The Bertz CT molecular complexity index is 406. The van der Waals surface area contributed by atoms with E-state index in [2.05, 4.69) is 38.0 Å². The van der Waals surface area contributed by atoms with Crippen LogP contribution >= 0.6 is 0 Å². The van der Waals surface area contributed by atoms with E-state index < -0.39 is 0 Å². The number of nitrogens with one attached hydrogen (secondary N) is 1. The Morgan fingerprint density at radius 3 is 2.32 bits per heavy atom. The second-order valence-corrected chi connectivity index (χ2v) is 5.65. The van der Waals surface area contributed by atoms with Crippen LogP contribution in [0.15, 0.2) is 18.3 Å². The Hall–Kier alpha value is -1.58. The van der Waals surface area contributed by atoms with Gasteiger partial charge in [0, 0.05) is 26.3 Å². The summed E-state index contributed by atoms with van der Waals surface area (Å²) in [5.41, 5.74) is 0.645. The number of anilines is 1. The van der Waals surface area contributed by atoms with E-state index in [1.807, 2.05) is 11.0 Å². The average molecular weight is 263 g/mol. The van der Waals surface area contributed by atoms with Crippen molar-refractivity contribution in [2.24, 2.45) is 11.8 Å². The Labute approximate surface area is 116 Å². The minimum absolute atomic E-state index is 0.0554. The van der Waals surface area contributed by atoms with Crippen molar-refractivity contribution in [3.05, 3.63) is 23.9 Å². The number of nitrogens with zero attached hydrogens (tertiary/aromatic N) is 2. The molecule has 0 fully saturated rings. The van der Waals surface area contributed by atoms with Crippen molar-refractivity contribution in [2.45, 2.75) is 27.7 Å². The Morgan fingerprint density at radius 1 is 1.26 bits per heavy atom. The van der Waals surface area contributed by atoms with Crippen molar-refractivity contribution >= 4 is 11.7 Å². The predicted octanol–water partition coefficient (Wildman–Crippen LogP) is 2.88. The number of carbonyl (C=O) groups excluding carboxylic acids is 1. The Kier molecular flexibility index (Phi) is 5.80. The molecule has 1 rings (SSSR count). The molecule has 1 heterocycles. The van der Waals surface area contributed by atoms with Gasteiger partial charge in [-0.3, -0.25) is 4.79 Å². The van der Waals surface area contributed by atoms with Crippen LogP contribution in [-0.4, -0.2) is 35.9 Å². The summed E-state index contributed by atoms with van der Waals surface area (Å²) < 4.78 is 0. The van der Waals surface area contributed by atoms with Crippen molar-refractivity contribution in [1.82, 2.24) is 9.88 Å². The smallest absolute Gasteiger partial charge is 0.257 e. The van der Waals surface area contributed by atoms with E-state index >= 15 is 0 Å². The number of carbonyl (C=O) groups is 1. The molecule has 0 atom stereocenters. The third-order valence-corrected chi connectivity index (χ3v) is 2.73. The standard InChI is InChI=1S/C15H25N3O/c1-11(2)9-18(10-12(3)4)15(19)13-7-6-8-17-14(13)16-5/h6-8,11-12H,9-10H2,1-5H3,(H,16,17).